The Kier molecular flexibility index (Phi) is 4.57. The van der Waals surface area contributed by atoms with E-state index in [2.05, 4.69) is 5.32 Å². The maximum atomic E-state index is 14.0. The lowest BCUT2D eigenvalue weighted by atomic mass is 9.97. The fraction of sp³-hybridized carbons (Fsp3) is 0.0435. The Bertz CT molecular complexity index is 1190. The van der Waals surface area contributed by atoms with E-state index in [0.29, 0.717) is 27.7 Å². The summed E-state index contributed by atoms with van der Waals surface area (Å²) < 4.78 is 27.2. The molecule has 4 rings (SSSR count). The first-order valence-corrected chi connectivity index (χ1v) is 8.76. The second kappa shape index (κ2) is 7.19. The molecule has 138 valence electrons. The lowest BCUT2D eigenvalue weighted by Crippen LogP contribution is -2.16. The fourth-order valence-electron chi connectivity index (χ4n) is 3.25. The third kappa shape index (κ3) is 3.22. The highest BCUT2D eigenvalue weighted by Gasteiger charge is 2.20. The van der Waals surface area contributed by atoms with Gasteiger partial charge in [0.05, 0.1) is 22.5 Å². The lowest BCUT2D eigenvalue weighted by molar-refractivity contribution is 0.102. The Morgan fingerprint density at radius 1 is 0.929 bits per heavy atom. The quantitative estimate of drug-likeness (QED) is 0.497. The van der Waals surface area contributed by atoms with Crippen LogP contribution in [0.2, 0.25) is 0 Å². The molecular weight excluding hydrogens is 358 g/mol. The third-order valence-electron chi connectivity index (χ3n) is 4.59. The molecule has 1 amide bonds. The van der Waals surface area contributed by atoms with Crippen LogP contribution in [0, 0.1) is 18.6 Å². The van der Waals surface area contributed by atoms with Crippen LogP contribution in [0.25, 0.3) is 22.2 Å². The molecule has 0 aliphatic carbocycles. The number of rotatable bonds is 3. The van der Waals surface area contributed by atoms with Crippen molar-refractivity contribution in [2.75, 3.05) is 5.32 Å². The highest BCUT2D eigenvalue weighted by Crippen LogP contribution is 2.30. The fourth-order valence-corrected chi connectivity index (χ4v) is 3.25. The second-order valence-electron chi connectivity index (χ2n) is 6.42. The topological polar surface area (TPSA) is 42.0 Å². The van der Waals surface area contributed by atoms with E-state index in [4.69, 9.17) is 4.98 Å². The van der Waals surface area contributed by atoms with Gasteiger partial charge in [-0.15, -0.1) is 0 Å². The molecular formula is C23H16F2N2O. The first-order chi connectivity index (χ1) is 13.5. The standard InChI is InChI=1S/C23H16F2N2O/c1-14-21(23(28)27-20-12-11-16(24)13-18(20)25)17-9-5-6-10-19(17)26-22(14)15-7-3-2-4-8-15/h2-13H,1H3,(H,27,28). The van der Waals surface area contributed by atoms with Crippen molar-refractivity contribution >= 4 is 22.5 Å². The Morgan fingerprint density at radius 2 is 1.64 bits per heavy atom. The van der Waals surface area contributed by atoms with Crippen LogP contribution in [0.3, 0.4) is 0 Å². The SMILES string of the molecule is Cc1c(-c2ccccc2)nc2ccccc2c1C(=O)Nc1ccc(F)cc1F. The molecule has 0 saturated heterocycles. The summed E-state index contributed by atoms with van der Waals surface area (Å²) in [4.78, 5) is 17.8. The summed E-state index contributed by atoms with van der Waals surface area (Å²) in [5.41, 5.74) is 3.25. The molecule has 0 saturated carbocycles. The smallest absolute Gasteiger partial charge is 0.256 e. The van der Waals surface area contributed by atoms with Crippen LogP contribution < -0.4 is 5.32 Å². The van der Waals surface area contributed by atoms with E-state index < -0.39 is 17.5 Å². The van der Waals surface area contributed by atoms with E-state index >= 15 is 0 Å². The number of nitrogens with one attached hydrogen (secondary N) is 1. The molecule has 0 unspecified atom stereocenters. The van der Waals surface area contributed by atoms with Crippen molar-refractivity contribution in [3.05, 3.63) is 95.6 Å². The third-order valence-corrected chi connectivity index (χ3v) is 4.59. The van der Waals surface area contributed by atoms with E-state index in [1.807, 2.05) is 55.5 Å². The van der Waals surface area contributed by atoms with Crippen LogP contribution in [-0.2, 0) is 0 Å². The van der Waals surface area contributed by atoms with E-state index in [-0.39, 0.29) is 5.69 Å². The Morgan fingerprint density at radius 3 is 2.39 bits per heavy atom. The molecule has 1 N–H and O–H groups in total. The molecule has 1 aromatic heterocycles. The molecule has 0 spiro atoms. The number of carbonyl (C=O) groups excluding carboxylic acids is 1. The highest BCUT2D eigenvalue weighted by molar-refractivity contribution is 6.14. The van der Waals surface area contributed by atoms with Gasteiger partial charge < -0.3 is 5.32 Å². The predicted molar refractivity (Wildman–Crippen MR) is 106 cm³/mol. The monoisotopic (exact) mass is 374 g/mol. The molecule has 0 atom stereocenters. The largest absolute Gasteiger partial charge is 0.319 e. The first-order valence-electron chi connectivity index (χ1n) is 8.76. The van der Waals surface area contributed by atoms with Crippen LogP contribution in [0.4, 0.5) is 14.5 Å². The summed E-state index contributed by atoms with van der Waals surface area (Å²) in [5, 5.41) is 3.22. The minimum atomic E-state index is -0.826. The molecule has 0 fully saturated rings. The van der Waals surface area contributed by atoms with Gasteiger partial charge in [0.25, 0.3) is 5.91 Å². The van der Waals surface area contributed by atoms with Crippen LogP contribution in [0.15, 0.2) is 72.8 Å². The normalized spacial score (nSPS) is 10.8. The average molecular weight is 374 g/mol. The van der Waals surface area contributed by atoms with Crippen LogP contribution in [0.5, 0.6) is 0 Å². The van der Waals surface area contributed by atoms with Gasteiger partial charge in [0, 0.05) is 17.0 Å². The number of pyridine rings is 1. The maximum Gasteiger partial charge on any atom is 0.256 e. The van der Waals surface area contributed by atoms with Crippen molar-refractivity contribution in [1.29, 1.82) is 0 Å². The molecule has 0 radical (unpaired) electrons. The molecule has 1 heterocycles. The minimum Gasteiger partial charge on any atom is -0.319 e. The van der Waals surface area contributed by atoms with Crippen molar-refractivity contribution in [3.63, 3.8) is 0 Å². The van der Waals surface area contributed by atoms with Gasteiger partial charge in [-0.05, 0) is 30.7 Å². The Balaban J connectivity index is 1.87. The number of para-hydroxylation sites is 1. The Hall–Kier alpha value is -3.60. The number of anilines is 1. The van der Waals surface area contributed by atoms with Crippen molar-refractivity contribution in [2.24, 2.45) is 0 Å². The summed E-state index contributed by atoms with van der Waals surface area (Å²) in [6.07, 6.45) is 0. The highest BCUT2D eigenvalue weighted by atomic mass is 19.1. The summed E-state index contributed by atoms with van der Waals surface area (Å²) in [5.74, 6) is -2.00. The van der Waals surface area contributed by atoms with Crippen molar-refractivity contribution in [3.8, 4) is 11.3 Å². The van der Waals surface area contributed by atoms with E-state index in [1.54, 1.807) is 6.07 Å². The summed E-state index contributed by atoms with van der Waals surface area (Å²) in [7, 11) is 0. The van der Waals surface area contributed by atoms with Crippen LogP contribution >= 0.6 is 0 Å². The van der Waals surface area contributed by atoms with Crippen LogP contribution in [0.1, 0.15) is 15.9 Å². The van der Waals surface area contributed by atoms with E-state index in [1.165, 1.54) is 6.07 Å². The van der Waals surface area contributed by atoms with Crippen LogP contribution in [-0.4, -0.2) is 10.9 Å². The van der Waals surface area contributed by atoms with Gasteiger partial charge in [-0.3, -0.25) is 4.79 Å². The zero-order chi connectivity index (χ0) is 19.7. The average Bonchev–Trinajstić information content (AvgIpc) is 2.70. The predicted octanol–water partition coefficient (Wildman–Crippen LogP) is 5.74. The number of carbonyl (C=O) groups is 1. The van der Waals surface area contributed by atoms with E-state index in [0.717, 1.165) is 17.7 Å². The second-order valence-corrected chi connectivity index (χ2v) is 6.42. The number of amides is 1. The number of nitrogens with zero attached hydrogens (tertiary/aromatic N) is 1. The van der Waals surface area contributed by atoms with E-state index in [9.17, 15) is 13.6 Å². The number of benzene rings is 3. The van der Waals surface area contributed by atoms with Gasteiger partial charge in [-0.2, -0.15) is 0 Å². The van der Waals surface area contributed by atoms with Gasteiger partial charge in [0.2, 0.25) is 0 Å². The number of fused-ring (bicyclic) bond motifs is 1. The lowest BCUT2D eigenvalue weighted by Gasteiger charge is -2.15. The number of halogens is 2. The first kappa shape index (κ1) is 17.8. The molecule has 0 aliphatic heterocycles. The molecule has 0 aliphatic rings. The zero-order valence-corrected chi connectivity index (χ0v) is 15.0. The van der Waals surface area contributed by atoms with Crippen molar-refractivity contribution in [2.45, 2.75) is 6.92 Å². The maximum absolute atomic E-state index is 14.0. The van der Waals surface area contributed by atoms with Gasteiger partial charge >= 0.3 is 0 Å². The summed E-state index contributed by atoms with van der Waals surface area (Å²) >= 11 is 0. The zero-order valence-electron chi connectivity index (χ0n) is 15.0. The summed E-state index contributed by atoms with van der Waals surface area (Å²) in [6, 6.07) is 19.9. The number of hydrogen-bond donors (Lipinski definition) is 1. The number of aromatic nitrogens is 1. The molecule has 3 aromatic carbocycles. The van der Waals surface area contributed by atoms with Gasteiger partial charge in [0.1, 0.15) is 11.6 Å². The molecule has 4 aromatic rings. The minimum absolute atomic E-state index is 0.0760. The molecule has 5 heteroatoms. The van der Waals surface area contributed by atoms with Crippen molar-refractivity contribution in [1.82, 2.24) is 4.98 Å². The molecule has 0 bridgehead atoms. The van der Waals surface area contributed by atoms with Gasteiger partial charge in [0.15, 0.2) is 0 Å². The molecule has 28 heavy (non-hydrogen) atoms. The molecule has 3 nitrogen and oxygen atoms in total. The van der Waals surface area contributed by atoms with Gasteiger partial charge in [-0.1, -0.05) is 48.5 Å². The Labute approximate surface area is 160 Å². The summed E-state index contributed by atoms with van der Waals surface area (Å²) in [6.45, 7) is 1.82. The van der Waals surface area contributed by atoms with Gasteiger partial charge in [-0.25, -0.2) is 13.8 Å². The number of hydrogen-bond acceptors (Lipinski definition) is 2. The van der Waals surface area contributed by atoms with Crippen molar-refractivity contribution < 1.29 is 13.6 Å².